The standard InChI is InChI=1S/C21H24/c1-5-12-21(14-16-8-6-7-9-17(16)15-21)19-11-10-18(13-19)20(2,3)4/h6-10,13-15H,11-12H2,1-4H3. The first-order chi connectivity index (χ1) is 9.94. The van der Waals surface area contributed by atoms with Crippen LogP contribution >= 0.6 is 0 Å². The molecule has 0 nitrogen and oxygen atoms in total. The second-order valence-electron chi connectivity index (χ2n) is 7.27. The highest BCUT2D eigenvalue weighted by Crippen LogP contribution is 2.45. The van der Waals surface area contributed by atoms with Crippen LogP contribution in [0, 0.1) is 17.3 Å². The Labute approximate surface area is 128 Å². The summed E-state index contributed by atoms with van der Waals surface area (Å²) in [5.74, 6) is 0. The molecule has 0 atom stereocenters. The first kappa shape index (κ1) is 14.4. The Morgan fingerprint density at radius 1 is 1.10 bits per heavy atom. The number of hydrogen-bond acceptors (Lipinski definition) is 0. The van der Waals surface area contributed by atoms with Crippen molar-refractivity contribution >= 4 is 12.2 Å². The van der Waals surface area contributed by atoms with Gasteiger partial charge in [-0.2, -0.15) is 0 Å². The Bertz CT molecular complexity index is 685. The van der Waals surface area contributed by atoms with Gasteiger partial charge in [0.15, 0.2) is 0 Å². The molecule has 108 valence electrons. The van der Waals surface area contributed by atoms with E-state index in [0.29, 0.717) is 0 Å². The van der Waals surface area contributed by atoms with Crippen LogP contribution < -0.4 is 10.4 Å². The van der Waals surface area contributed by atoms with Crippen LogP contribution in [0.5, 0.6) is 0 Å². The quantitative estimate of drug-likeness (QED) is 0.781. The number of fused-ring (bicyclic) bond motifs is 1. The zero-order chi connectivity index (χ0) is 15.1. The molecule has 0 spiro atoms. The molecule has 0 saturated heterocycles. The maximum atomic E-state index is 3.39. The van der Waals surface area contributed by atoms with Gasteiger partial charge in [-0.15, -0.1) is 0 Å². The fraction of sp³-hybridized carbons (Fsp3) is 0.381. The van der Waals surface area contributed by atoms with Crippen LogP contribution in [-0.2, 0) is 0 Å². The van der Waals surface area contributed by atoms with Crippen molar-refractivity contribution in [1.29, 1.82) is 0 Å². The van der Waals surface area contributed by atoms with E-state index in [-0.39, 0.29) is 10.8 Å². The molecule has 0 aliphatic heterocycles. The van der Waals surface area contributed by atoms with Crippen LogP contribution in [0.2, 0.25) is 0 Å². The van der Waals surface area contributed by atoms with Crippen LogP contribution in [-0.4, -0.2) is 0 Å². The summed E-state index contributed by atoms with van der Waals surface area (Å²) in [5, 5.41) is 2.72. The van der Waals surface area contributed by atoms with Gasteiger partial charge in [-0.05, 0) is 40.7 Å². The number of allylic oxidation sites excluding steroid dienone is 4. The molecule has 2 aliphatic rings. The largest absolute Gasteiger partial charge is 0.0767 e. The Morgan fingerprint density at radius 2 is 1.71 bits per heavy atom. The minimum absolute atomic E-state index is 0.0297. The number of rotatable bonds is 3. The smallest absolute Gasteiger partial charge is 0.0301 e. The minimum atomic E-state index is 0.0297. The molecule has 2 radical (unpaired) electrons. The van der Waals surface area contributed by atoms with Gasteiger partial charge in [0.05, 0.1) is 0 Å². The molecule has 0 bridgehead atoms. The van der Waals surface area contributed by atoms with Gasteiger partial charge in [0, 0.05) is 5.41 Å². The normalized spacial score (nSPS) is 19.4. The van der Waals surface area contributed by atoms with Gasteiger partial charge in [-0.1, -0.05) is 81.8 Å². The third-order valence-corrected chi connectivity index (χ3v) is 4.63. The van der Waals surface area contributed by atoms with Crippen molar-refractivity contribution in [3.63, 3.8) is 0 Å². The summed E-state index contributed by atoms with van der Waals surface area (Å²) in [7, 11) is 0. The van der Waals surface area contributed by atoms with Crippen molar-refractivity contribution in [2.75, 3.05) is 0 Å². The van der Waals surface area contributed by atoms with E-state index in [0.717, 1.165) is 12.8 Å². The van der Waals surface area contributed by atoms with Crippen LogP contribution in [0.25, 0.3) is 12.2 Å². The Morgan fingerprint density at radius 3 is 2.19 bits per heavy atom. The van der Waals surface area contributed by atoms with Gasteiger partial charge in [0.2, 0.25) is 0 Å². The number of hydrogen-bond donors (Lipinski definition) is 0. The van der Waals surface area contributed by atoms with E-state index in [4.69, 9.17) is 0 Å². The second-order valence-corrected chi connectivity index (χ2v) is 7.27. The van der Waals surface area contributed by atoms with Crippen molar-refractivity contribution in [2.24, 2.45) is 10.8 Å². The summed E-state index contributed by atoms with van der Waals surface area (Å²) in [6.07, 6.45) is 15.1. The molecule has 0 fully saturated rings. The molecule has 21 heavy (non-hydrogen) atoms. The summed E-state index contributed by atoms with van der Waals surface area (Å²) in [5.41, 5.74) is 3.24. The van der Waals surface area contributed by atoms with Crippen molar-refractivity contribution in [1.82, 2.24) is 0 Å². The topological polar surface area (TPSA) is 0 Å². The predicted molar refractivity (Wildman–Crippen MR) is 90.8 cm³/mol. The molecule has 0 N–H and O–H groups in total. The monoisotopic (exact) mass is 276 g/mol. The molecule has 2 aliphatic carbocycles. The van der Waals surface area contributed by atoms with Crippen molar-refractivity contribution in [2.45, 2.75) is 40.5 Å². The Balaban J connectivity index is 2.05. The first-order valence-electron chi connectivity index (χ1n) is 7.82. The lowest BCUT2D eigenvalue weighted by Gasteiger charge is -2.27. The van der Waals surface area contributed by atoms with Gasteiger partial charge in [0.25, 0.3) is 0 Å². The van der Waals surface area contributed by atoms with Crippen LogP contribution in [0.4, 0.5) is 0 Å². The predicted octanol–water partition coefficient (Wildman–Crippen LogP) is 4.04. The zero-order valence-corrected chi connectivity index (χ0v) is 13.5. The molecule has 0 aromatic heterocycles. The molecular formula is C21H24. The summed E-state index contributed by atoms with van der Waals surface area (Å²) >= 11 is 0. The van der Waals surface area contributed by atoms with Gasteiger partial charge in [0.1, 0.15) is 0 Å². The molecule has 3 rings (SSSR count). The average Bonchev–Trinajstić information content (AvgIpc) is 3.03. The van der Waals surface area contributed by atoms with E-state index >= 15 is 0 Å². The maximum absolute atomic E-state index is 3.39. The summed E-state index contributed by atoms with van der Waals surface area (Å²) < 4.78 is 0. The lowest BCUT2D eigenvalue weighted by atomic mass is 9.76. The highest BCUT2D eigenvalue weighted by molar-refractivity contribution is 5.65. The average molecular weight is 276 g/mol. The fourth-order valence-electron chi connectivity index (χ4n) is 3.44. The molecule has 1 aromatic carbocycles. The lowest BCUT2D eigenvalue weighted by Crippen LogP contribution is -2.19. The van der Waals surface area contributed by atoms with E-state index in [9.17, 15) is 0 Å². The zero-order valence-electron chi connectivity index (χ0n) is 13.5. The highest BCUT2D eigenvalue weighted by atomic mass is 14.4. The SMILES string of the molecule is C[C]CC1(C2=CC(C(C)(C)C)=CC2)C=c2ccccc2=C1. The Hall–Kier alpha value is -1.56. The summed E-state index contributed by atoms with van der Waals surface area (Å²) in [4.78, 5) is 0. The number of benzene rings is 1. The van der Waals surface area contributed by atoms with E-state index in [1.165, 1.54) is 21.6 Å². The van der Waals surface area contributed by atoms with Gasteiger partial charge >= 0.3 is 0 Å². The molecule has 0 amide bonds. The molecule has 1 aromatic rings. The molecule has 0 heteroatoms. The summed E-state index contributed by atoms with van der Waals surface area (Å²) in [6, 6.07) is 8.69. The molecule has 0 saturated carbocycles. The van der Waals surface area contributed by atoms with Crippen molar-refractivity contribution in [3.05, 3.63) is 64.4 Å². The lowest BCUT2D eigenvalue weighted by molar-refractivity contribution is 0.517. The van der Waals surface area contributed by atoms with Crippen molar-refractivity contribution < 1.29 is 0 Å². The fourth-order valence-corrected chi connectivity index (χ4v) is 3.44. The Kier molecular flexibility index (Phi) is 3.43. The van der Waals surface area contributed by atoms with Crippen molar-refractivity contribution in [3.8, 4) is 0 Å². The van der Waals surface area contributed by atoms with Crippen LogP contribution in [0.1, 0.15) is 40.5 Å². The van der Waals surface area contributed by atoms with E-state index in [2.05, 4.69) is 75.8 Å². The molecule has 0 heterocycles. The minimum Gasteiger partial charge on any atom is -0.0767 e. The van der Waals surface area contributed by atoms with Gasteiger partial charge < -0.3 is 0 Å². The van der Waals surface area contributed by atoms with E-state index < -0.39 is 0 Å². The highest BCUT2D eigenvalue weighted by Gasteiger charge is 2.33. The van der Waals surface area contributed by atoms with Gasteiger partial charge in [-0.25, -0.2) is 0 Å². The van der Waals surface area contributed by atoms with Crippen LogP contribution in [0.3, 0.4) is 0 Å². The third-order valence-electron chi connectivity index (χ3n) is 4.63. The maximum Gasteiger partial charge on any atom is 0.0301 e. The molecule has 0 unspecified atom stereocenters. The molecular weight excluding hydrogens is 252 g/mol. The van der Waals surface area contributed by atoms with Crippen LogP contribution in [0.15, 0.2) is 47.6 Å². The van der Waals surface area contributed by atoms with Gasteiger partial charge in [-0.3, -0.25) is 0 Å². The third kappa shape index (κ3) is 2.52. The van der Waals surface area contributed by atoms with E-state index in [1.807, 2.05) is 6.92 Å². The second kappa shape index (κ2) is 5.02. The first-order valence-corrected chi connectivity index (χ1v) is 7.82. The van der Waals surface area contributed by atoms with E-state index in [1.54, 1.807) is 0 Å². The summed E-state index contributed by atoms with van der Waals surface area (Å²) in [6.45, 7) is 8.92.